The molecule has 2 amide bonds. The number of anilines is 2. The highest BCUT2D eigenvalue weighted by Gasteiger charge is 2.23. The summed E-state index contributed by atoms with van der Waals surface area (Å²) >= 11 is 1.64. The molecule has 6 heteroatoms. The molecule has 0 unspecified atom stereocenters. The molecule has 0 spiro atoms. The average molecular weight is 355 g/mol. The number of carbonyl (C=O) groups is 2. The Morgan fingerprint density at radius 1 is 1.12 bits per heavy atom. The third-order valence-electron chi connectivity index (χ3n) is 4.89. The summed E-state index contributed by atoms with van der Waals surface area (Å²) in [7, 11) is 0. The van der Waals surface area contributed by atoms with E-state index in [2.05, 4.69) is 22.3 Å². The summed E-state index contributed by atoms with van der Waals surface area (Å²) in [5.41, 5.74) is 3.32. The van der Waals surface area contributed by atoms with Gasteiger partial charge in [-0.15, -0.1) is 11.3 Å². The largest absolute Gasteiger partial charge is 0.368 e. The Morgan fingerprint density at radius 2 is 1.96 bits per heavy atom. The Labute approximate surface area is 151 Å². The second kappa shape index (κ2) is 6.88. The van der Waals surface area contributed by atoms with Crippen molar-refractivity contribution in [1.29, 1.82) is 0 Å². The van der Waals surface area contributed by atoms with E-state index in [-0.39, 0.29) is 11.8 Å². The van der Waals surface area contributed by atoms with Crippen molar-refractivity contribution in [3.63, 3.8) is 0 Å². The van der Waals surface area contributed by atoms with E-state index in [0.717, 1.165) is 43.2 Å². The van der Waals surface area contributed by atoms with Gasteiger partial charge in [0, 0.05) is 48.9 Å². The number of rotatable bonds is 3. The maximum Gasteiger partial charge on any atom is 0.227 e. The van der Waals surface area contributed by atoms with Crippen molar-refractivity contribution >= 4 is 34.5 Å². The van der Waals surface area contributed by atoms with Crippen LogP contribution in [0.25, 0.3) is 0 Å². The minimum Gasteiger partial charge on any atom is -0.368 e. The normalized spacial score (nSPS) is 17.2. The Balaban J connectivity index is 1.37. The maximum atomic E-state index is 12.4. The van der Waals surface area contributed by atoms with Gasteiger partial charge in [0.2, 0.25) is 11.8 Å². The van der Waals surface area contributed by atoms with Crippen molar-refractivity contribution in [3.8, 4) is 0 Å². The van der Waals surface area contributed by atoms with E-state index in [1.807, 2.05) is 28.5 Å². The van der Waals surface area contributed by atoms with Crippen LogP contribution in [0.5, 0.6) is 0 Å². The van der Waals surface area contributed by atoms with Gasteiger partial charge in [-0.1, -0.05) is 6.07 Å². The standard InChI is InChI=1S/C19H21N3O2S/c23-18-6-3-14-12-15(4-5-17(14)20-18)21-7-9-22(10-8-21)19(24)13-16-2-1-11-25-16/h1-2,4-5,11-12H,3,6-10,13H2,(H,20,23). The van der Waals surface area contributed by atoms with E-state index in [4.69, 9.17) is 0 Å². The third-order valence-corrected chi connectivity index (χ3v) is 5.76. The summed E-state index contributed by atoms with van der Waals surface area (Å²) in [6, 6.07) is 10.2. The van der Waals surface area contributed by atoms with Crippen LogP contribution in [0, 0.1) is 0 Å². The third kappa shape index (κ3) is 3.54. The molecule has 0 radical (unpaired) electrons. The zero-order chi connectivity index (χ0) is 17.2. The van der Waals surface area contributed by atoms with E-state index >= 15 is 0 Å². The Kier molecular flexibility index (Phi) is 4.44. The molecule has 3 heterocycles. The molecule has 0 saturated carbocycles. The molecule has 4 rings (SSSR count). The van der Waals surface area contributed by atoms with Gasteiger partial charge in [-0.2, -0.15) is 0 Å². The lowest BCUT2D eigenvalue weighted by Gasteiger charge is -2.36. The van der Waals surface area contributed by atoms with Crippen molar-refractivity contribution in [3.05, 3.63) is 46.2 Å². The first kappa shape index (κ1) is 16.1. The zero-order valence-corrected chi connectivity index (χ0v) is 14.8. The van der Waals surface area contributed by atoms with Crippen molar-refractivity contribution < 1.29 is 9.59 Å². The van der Waals surface area contributed by atoms with Crippen molar-refractivity contribution in [2.24, 2.45) is 0 Å². The molecule has 130 valence electrons. The number of hydrogen-bond acceptors (Lipinski definition) is 4. The molecule has 5 nitrogen and oxygen atoms in total. The molecule has 1 saturated heterocycles. The fourth-order valence-electron chi connectivity index (χ4n) is 3.45. The average Bonchev–Trinajstić information content (AvgIpc) is 3.14. The van der Waals surface area contributed by atoms with Crippen LogP contribution >= 0.6 is 11.3 Å². The van der Waals surface area contributed by atoms with Crippen LogP contribution in [0.4, 0.5) is 11.4 Å². The first-order valence-corrected chi connectivity index (χ1v) is 9.55. The molecule has 1 aromatic carbocycles. The molecule has 0 bridgehead atoms. The number of nitrogens with one attached hydrogen (secondary N) is 1. The number of piperazine rings is 1. The van der Waals surface area contributed by atoms with Crippen LogP contribution in [0.2, 0.25) is 0 Å². The van der Waals surface area contributed by atoms with Crippen LogP contribution < -0.4 is 10.2 Å². The topological polar surface area (TPSA) is 52.7 Å². The summed E-state index contributed by atoms with van der Waals surface area (Å²) in [5.74, 6) is 0.313. The first-order chi connectivity index (χ1) is 12.2. The van der Waals surface area contributed by atoms with Crippen molar-refractivity contribution in [2.75, 3.05) is 36.4 Å². The minimum atomic E-state index is 0.0955. The molecule has 0 atom stereocenters. The van der Waals surface area contributed by atoms with Gasteiger partial charge in [0.05, 0.1) is 6.42 Å². The number of benzene rings is 1. The predicted octanol–water partition coefficient (Wildman–Crippen LogP) is 2.52. The molecule has 25 heavy (non-hydrogen) atoms. The van der Waals surface area contributed by atoms with Crippen molar-refractivity contribution in [1.82, 2.24) is 4.90 Å². The number of aryl methyl sites for hydroxylation is 1. The summed E-state index contributed by atoms with van der Waals surface area (Å²) in [5, 5.41) is 4.94. The molecule has 0 aliphatic carbocycles. The highest BCUT2D eigenvalue weighted by molar-refractivity contribution is 7.10. The van der Waals surface area contributed by atoms with Gasteiger partial charge in [-0.05, 0) is 41.6 Å². The molecule has 1 aromatic heterocycles. The van der Waals surface area contributed by atoms with E-state index in [1.165, 1.54) is 11.3 Å². The monoisotopic (exact) mass is 355 g/mol. The Hall–Kier alpha value is -2.34. The van der Waals surface area contributed by atoms with Crippen LogP contribution in [0.3, 0.4) is 0 Å². The minimum absolute atomic E-state index is 0.0955. The van der Waals surface area contributed by atoms with Gasteiger partial charge in [0.15, 0.2) is 0 Å². The van der Waals surface area contributed by atoms with E-state index in [0.29, 0.717) is 12.8 Å². The fourth-order valence-corrected chi connectivity index (χ4v) is 4.15. The summed E-state index contributed by atoms with van der Waals surface area (Å²) in [6.07, 6.45) is 1.87. The van der Waals surface area contributed by atoms with Gasteiger partial charge in [-0.25, -0.2) is 0 Å². The Morgan fingerprint density at radius 3 is 2.72 bits per heavy atom. The van der Waals surface area contributed by atoms with Gasteiger partial charge in [0.25, 0.3) is 0 Å². The van der Waals surface area contributed by atoms with Crippen LogP contribution in [0.15, 0.2) is 35.7 Å². The van der Waals surface area contributed by atoms with E-state index < -0.39 is 0 Å². The highest BCUT2D eigenvalue weighted by Crippen LogP contribution is 2.28. The summed E-state index contributed by atoms with van der Waals surface area (Å²) < 4.78 is 0. The van der Waals surface area contributed by atoms with Crippen LogP contribution in [-0.4, -0.2) is 42.9 Å². The number of hydrogen-bond donors (Lipinski definition) is 1. The molecule has 2 aliphatic heterocycles. The molecule has 2 aromatic rings. The molecule has 2 aliphatic rings. The van der Waals surface area contributed by atoms with Gasteiger partial charge < -0.3 is 15.1 Å². The SMILES string of the molecule is O=C1CCc2cc(N3CCN(C(=O)Cc4cccs4)CC3)ccc2N1. The number of carbonyl (C=O) groups excluding carboxylic acids is 2. The Bertz CT molecular complexity index is 780. The van der Waals surface area contributed by atoms with Crippen molar-refractivity contribution in [2.45, 2.75) is 19.3 Å². The number of thiophene rings is 1. The lowest BCUT2D eigenvalue weighted by Crippen LogP contribution is -2.49. The number of amides is 2. The molecule has 1 fully saturated rings. The smallest absolute Gasteiger partial charge is 0.227 e. The van der Waals surface area contributed by atoms with E-state index in [9.17, 15) is 9.59 Å². The van der Waals surface area contributed by atoms with Gasteiger partial charge in [0.1, 0.15) is 0 Å². The molecular weight excluding hydrogens is 334 g/mol. The van der Waals surface area contributed by atoms with Gasteiger partial charge in [-0.3, -0.25) is 9.59 Å². The summed E-state index contributed by atoms with van der Waals surface area (Å²) in [4.78, 5) is 29.3. The van der Waals surface area contributed by atoms with E-state index in [1.54, 1.807) is 11.3 Å². The lowest BCUT2D eigenvalue weighted by atomic mass is 10.0. The number of nitrogens with zero attached hydrogens (tertiary/aromatic N) is 2. The lowest BCUT2D eigenvalue weighted by molar-refractivity contribution is -0.130. The summed E-state index contributed by atoms with van der Waals surface area (Å²) in [6.45, 7) is 3.22. The predicted molar refractivity (Wildman–Crippen MR) is 100 cm³/mol. The highest BCUT2D eigenvalue weighted by atomic mass is 32.1. The number of fused-ring (bicyclic) bond motifs is 1. The zero-order valence-electron chi connectivity index (χ0n) is 14.0. The first-order valence-electron chi connectivity index (χ1n) is 8.67. The quantitative estimate of drug-likeness (QED) is 0.920. The maximum absolute atomic E-state index is 12.4. The second-order valence-corrected chi connectivity index (χ2v) is 7.55. The molecule has 1 N–H and O–H groups in total. The molecular formula is C19H21N3O2S. The van der Waals surface area contributed by atoms with Crippen LogP contribution in [0.1, 0.15) is 16.9 Å². The van der Waals surface area contributed by atoms with Crippen LogP contribution in [-0.2, 0) is 22.4 Å². The fraction of sp³-hybridized carbons (Fsp3) is 0.368. The second-order valence-electron chi connectivity index (χ2n) is 6.51. The van der Waals surface area contributed by atoms with Gasteiger partial charge >= 0.3 is 0 Å².